The van der Waals surface area contributed by atoms with Crippen LogP contribution in [0, 0.1) is 6.92 Å². The third-order valence-electron chi connectivity index (χ3n) is 4.09. The summed E-state index contributed by atoms with van der Waals surface area (Å²) in [4.78, 5) is 15.9. The second-order valence-electron chi connectivity index (χ2n) is 6.45. The van der Waals surface area contributed by atoms with Gasteiger partial charge in [-0.15, -0.1) is 11.3 Å². The van der Waals surface area contributed by atoms with Crippen molar-refractivity contribution in [3.05, 3.63) is 70.7 Å². The first kappa shape index (κ1) is 20.8. The highest BCUT2D eigenvalue weighted by atomic mass is 32.1. The Morgan fingerprint density at radius 3 is 2.17 bits per heavy atom. The molecule has 152 valence electrons. The average molecular weight is 421 g/mol. The minimum atomic E-state index is -5.04. The zero-order valence-corrected chi connectivity index (χ0v) is 16.1. The maximum absolute atomic E-state index is 13.5. The number of carbonyl (C=O) groups excluding carboxylic acids is 1. The Bertz CT molecular complexity index is 975. The summed E-state index contributed by atoms with van der Waals surface area (Å²) >= 11 is 0.665. The normalized spacial score (nSPS) is 13.6. The summed E-state index contributed by atoms with van der Waals surface area (Å²) in [5, 5.41) is 16.6. The Hall–Kier alpha value is -2.91. The smallest absolute Gasteiger partial charge is 0.374 e. The molecule has 0 aliphatic carbocycles. The van der Waals surface area contributed by atoms with Gasteiger partial charge >= 0.3 is 6.18 Å². The fourth-order valence-corrected chi connectivity index (χ4v) is 3.52. The van der Waals surface area contributed by atoms with E-state index < -0.39 is 29.1 Å². The third-order valence-corrected chi connectivity index (χ3v) is 5.20. The van der Waals surface area contributed by atoms with E-state index in [9.17, 15) is 23.1 Å². The number of anilines is 3. The van der Waals surface area contributed by atoms with Crippen molar-refractivity contribution in [2.24, 2.45) is 0 Å². The molecule has 2 aromatic carbocycles. The Labute approximate surface area is 169 Å². The Morgan fingerprint density at radius 2 is 1.62 bits per heavy atom. The molecule has 0 fully saturated rings. The topological polar surface area (TPSA) is 74.2 Å². The van der Waals surface area contributed by atoms with Crippen LogP contribution in [0.2, 0.25) is 0 Å². The minimum absolute atomic E-state index is 0.313. The van der Waals surface area contributed by atoms with Crippen molar-refractivity contribution < 1.29 is 23.1 Å². The van der Waals surface area contributed by atoms with E-state index in [2.05, 4.69) is 15.6 Å². The van der Waals surface area contributed by atoms with Crippen molar-refractivity contribution in [3.63, 3.8) is 0 Å². The van der Waals surface area contributed by atoms with Gasteiger partial charge in [0.2, 0.25) is 11.5 Å². The van der Waals surface area contributed by atoms with Crippen LogP contribution in [-0.2, 0) is 10.4 Å². The van der Waals surface area contributed by atoms with E-state index in [0.29, 0.717) is 22.7 Å². The van der Waals surface area contributed by atoms with Crippen LogP contribution in [0.4, 0.5) is 30.2 Å². The summed E-state index contributed by atoms with van der Waals surface area (Å²) in [6.07, 6.45) is -6.23. The number of hydrogen-bond donors (Lipinski definition) is 3. The number of para-hydroxylation sites is 1. The highest BCUT2D eigenvalue weighted by Gasteiger charge is 2.58. The molecule has 0 aliphatic rings. The van der Waals surface area contributed by atoms with Gasteiger partial charge in [0.05, 0.1) is 6.42 Å². The Balaban J connectivity index is 1.69. The lowest BCUT2D eigenvalue weighted by atomic mass is 9.99. The molecule has 3 N–H and O–H groups in total. The number of nitrogens with one attached hydrogen (secondary N) is 2. The van der Waals surface area contributed by atoms with Crippen molar-refractivity contribution in [1.82, 2.24) is 4.98 Å². The SMILES string of the molecule is Cc1csc(C(O)(CC(=O)Nc2ccc(Nc3ccccc3)cc2)C(F)(F)F)n1. The number of thiazole rings is 1. The zero-order chi connectivity index (χ0) is 21.1. The van der Waals surface area contributed by atoms with Crippen LogP contribution in [0.1, 0.15) is 17.1 Å². The van der Waals surface area contributed by atoms with Gasteiger partial charge in [0.15, 0.2) is 0 Å². The molecule has 5 nitrogen and oxygen atoms in total. The van der Waals surface area contributed by atoms with Gasteiger partial charge in [0.1, 0.15) is 5.01 Å². The fourth-order valence-electron chi connectivity index (χ4n) is 2.60. The first-order chi connectivity index (χ1) is 13.7. The van der Waals surface area contributed by atoms with Gasteiger partial charge in [-0.3, -0.25) is 4.79 Å². The van der Waals surface area contributed by atoms with Crippen LogP contribution in [0.15, 0.2) is 60.0 Å². The quantitative estimate of drug-likeness (QED) is 0.525. The molecule has 0 aliphatic heterocycles. The van der Waals surface area contributed by atoms with Crippen LogP contribution < -0.4 is 10.6 Å². The summed E-state index contributed by atoms with van der Waals surface area (Å²) in [5.74, 6) is -0.971. The van der Waals surface area contributed by atoms with Crippen molar-refractivity contribution in [3.8, 4) is 0 Å². The summed E-state index contributed by atoms with van der Waals surface area (Å²) in [6.45, 7) is 1.52. The van der Waals surface area contributed by atoms with Gasteiger partial charge in [-0.25, -0.2) is 4.98 Å². The molecule has 0 spiro atoms. The van der Waals surface area contributed by atoms with Gasteiger partial charge < -0.3 is 15.7 Å². The number of carbonyl (C=O) groups is 1. The second kappa shape index (κ2) is 8.22. The molecule has 9 heteroatoms. The number of aliphatic hydroxyl groups is 1. The molecule has 1 atom stereocenters. The summed E-state index contributed by atoms with van der Waals surface area (Å²) in [7, 11) is 0. The van der Waals surface area contributed by atoms with Gasteiger partial charge in [0, 0.05) is 28.1 Å². The minimum Gasteiger partial charge on any atom is -0.374 e. The predicted octanol–water partition coefficient (Wildman–Crippen LogP) is 4.97. The molecule has 3 aromatic rings. The molecule has 0 saturated carbocycles. The first-order valence-corrected chi connectivity index (χ1v) is 9.49. The Kier molecular flexibility index (Phi) is 5.90. The molecular weight excluding hydrogens is 403 g/mol. The van der Waals surface area contributed by atoms with Crippen LogP contribution in [-0.4, -0.2) is 22.2 Å². The van der Waals surface area contributed by atoms with Crippen LogP contribution in [0.3, 0.4) is 0 Å². The lowest BCUT2D eigenvalue weighted by molar-refractivity contribution is -0.266. The molecule has 0 bridgehead atoms. The molecule has 1 unspecified atom stereocenters. The highest BCUT2D eigenvalue weighted by Crippen LogP contribution is 2.43. The summed E-state index contributed by atoms with van der Waals surface area (Å²) < 4.78 is 40.5. The molecule has 1 amide bonds. The first-order valence-electron chi connectivity index (χ1n) is 8.61. The van der Waals surface area contributed by atoms with Crippen molar-refractivity contribution in [1.29, 1.82) is 0 Å². The third kappa shape index (κ3) is 4.93. The van der Waals surface area contributed by atoms with E-state index in [4.69, 9.17) is 0 Å². The number of aryl methyl sites for hydroxylation is 1. The number of aromatic nitrogens is 1. The number of nitrogens with zero attached hydrogens (tertiary/aromatic N) is 1. The maximum Gasteiger partial charge on any atom is 0.424 e. The number of hydrogen-bond acceptors (Lipinski definition) is 5. The van der Waals surface area contributed by atoms with E-state index in [-0.39, 0.29) is 0 Å². The lowest BCUT2D eigenvalue weighted by Gasteiger charge is -2.27. The van der Waals surface area contributed by atoms with Crippen molar-refractivity contribution in [2.45, 2.75) is 25.1 Å². The second-order valence-corrected chi connectivity index (χ2v) is 7.30. The predicted molar refractivity (Wildman–Crippen MR) is 106 cm³/mol. The highest BCUT2D eigenvalue weighted by molar-refractivity contribution is 7.09. The van der Waals surface area contributed by atoms with Crippen LogP contribution in [0.5, 0.6) is 0 Å². The average Bonchev–Trinajstić information content (AvgIpc) is 3.10. The maximum atomic E-state index is 13.5. The largest absolute Gasteiger partial charge is 0.424 e. The zero-order valence-electron chi connectivity index (χ0n) is 15.3. The lowest BCUT2D eigenvalue weighted by Crippen LogP contribution is -2.45. The number of benzene rings is 2. The molecule has 1 heterocycles. The van der Waals surface area contributed by atoms with Gasteiger partial charge in [-0.05, 0) is 43.3 Å². The number of halogens is 3. The summed E-state index contributed by atoms with van der Waals surface area (Å²) in [5.41, 5.74) is -1.06. The van der Waals surface area contributed by atoms with Gasteiger partial charge in [-0.1, -0.05) is 18.2 Å². The number of amides is 1. The summed E-state index contributed by atoms with van der Waals surface area (Å²) in [6, 6.07) is 15.9. The van der Waals surface area contributed by atoms with Crippen LogP contribution in [0.25, 0.3) is 0 Å². The number of rotatable bonds is 6. The van der Waals surface area contributed by atoms with Crippen molar-refractivity contribution in [2.75, 3.05) is 10.6 Å². The van der Waals surface area contributed by atoms with Gasteiger partial charge in [-0.2, -0.15) is 13.2 Å². The molecular formula is C20H18F3N3O2S. The molecule has 29 heavy (non-hydrogen) atoms. The standard InChI is InChI=1S/C20H18F3N3O2S/c1-13-12-29-18(24-13)19(28,20(21,22)23)11-17(27)26-16-9-7-15(8-10-16)25-14-5-3-2-4-6-14/h2-10,12,25,28H,11H2,1H3,(H,26,27). The molecule has 1 aromatic heterocycles. The van der Waals surface area contributed by atoms with E-state index in [1.807, 2.05) is 30.3 Å². The monoisotopic (exact) mass is 421 g/mol. The van der Waals surface area contributed by atoms with Gasteiger partial charge in [0.25, 0.3) is 0 Å². The molecule has 3 rings (SSSR count). The van der Waals surface area contributed by atoms with E-state index in [1.54, 1.807) is 24.3 Å². The fraction of sp³-hybridized carbons (Fsp3) is 0.200. The molecule has 0 radical (unpaired) electrons. The van der Waals surface area contributed by atoms with E-state index in [0.717, 1.165) is 11.4 Å². The Morgan fingerprint density at radius 1 is 1.03 bits per heavy atom. The van der Waals surface area contributed by atoms with E-state index in [1.165, 1.54) is 12.3 Å². The van der Waals surface area contributed by atoms with Crippen molar-refractivity contribution >= 4 is 34.3 Å². The molecule has 0 saturated heterocycles. The van der Waals surface area contributed by atoms with Crippen LogP contribution >= 0.6 is 11.3 Å². The van der Waals surface area contributed by atoms with E-state index >= 15 is 0 Å². The number of alkyl halides is 3.